The van der Waals surface area contributed by atoms with Crippen LogP contribution in [0.3, 0.4) is 0 Å². The van der Waals surface area contributed by atoms with Crippen LogP contribution in [0.1, 0.15) is 47.7 Å². The van der Waals surface area contributed by atoms with Gasteiger partial charge in [-0.05, 0) is 44.9 Å². The second-order valence-corrected chi connectivity index (χ2v) is 8.43. The van der Waals surface area contributed by atoms with Crippen LogP contribution in [0.4, 0.5) is 11.6 Å². The Hall–Kier alpha value is -4.15. The molecule has 5 rings (SSSR count). The maximum Gasteiger partial charge on any atom is 0.275 e. The average molecular weight is 459 g/mol. The topological polar surface area (TPSA) is 128 Å². The van der Waals surface area contributed by atoms with Gasteiger partial charge in [0.2, 0.25) is 0 Å². The standard InChI is InChI=1S/C23H26N10O/c1-5-24-18-9-15(20-16(11-26-33(20)4)22-31-25-12-32(22)3)10-19(29-18)30-23(34)17-8-13(2)27-21(28-17)14-6-7-14/h8-12,14H,5-7H2,1-4H3,(H2,24,29,30,34). The summed E-state index contributed by atoms with van der Waals surface area (Å²) in [5.74, 6) is 2.52. The van der Waals surface area contributed by atoms with Gasteiger partial charge in [-0.25, -0.2) is 15.0 Å². The lowest BCUT2D eigenvalue weighted by Gasteiger charge is -2.13. The first-order chi connectivity index (χ1) is 16.4. The maximum atomic E-state index is 13.1. The van der Waals surface area contributed by atoms with Crippen molar-refractivity contribution in [2.75, 3.05) is 17.2 Å². The highest BCUT2D eigenvalue weighted by molar-refractivity contribution is 6.02. The molecule has 1 saturated carbocycles. The number of nitrogens with one attached hydrogen (secondary N) is 2. The zero-order valence-corrected chi connectivity index (χ0v) is 19.6. The van der Waals surface area contributed by atoms with E-state index in [0.717, 1.165) is 41.2 Å². The fraction of sp³-hybridized carbons (Fsp3) is 0.348. The number of anilines is 2. The third-order valence-corrected chi connectivity index (χ3v) is 5.64. The molecule has 4 aromatic heterocycles. The van der Waals surface area contributed by atoms with Gasteiger partial charge in [-0.2, -0.15) is 5.10 Å². The molecule has 4 aromatic rings. The summed E-state index contributed by atoms with van der Waals surface area (Å²) >= 11 is 0. The van der Waals surface area contributed by atoms with Crippen molar-refractivity contribution in [2.24, 2.45) is 14.1 Å². The summed E-state index contributed by atoms with van der Waals surface area (Å²) in [6, 6.07) is 5.45. The third kappa shape index (κ3) is 4.24. The van der Waals surface area contributed by atoms with Gasteiger partial charge in [-0.15, -0.1) is 10.2 Å². The number of carbonyl (C=O) groups is 1. The monoisotopic (exact) mass is 458 g/mol. The quantitative estimate of drug-likeness (QED) is 0.433. The fourth-order valence-corrected chi connectivity index (χ4v) is 3.89. The molecule has 0 unspecified atom stereocenters. The Balaban J connectivity index is 1.52. The van der Waals surface area contributed by atoms with Crippen LogP contribution < -0.4 is 10.6 Å². The lowest BCUT2D eigenvalue weighted by molar-refractivity contribution is 0.102. The lowest BCUT2D eigenvalue weighted by atomic mass is 10.1. The number of carbonyl (C=O) groups excluding carboxylic acids is 1. The van der Waals surface area contributed by atoms with E-state index in [4.69, 9.17) is 0 Å². The van der Waals surface area contributed by atoms with Crippen LogP contribution in [-0.2, 0) is 14.1 Å². The molecule has 0 aromatic carbocycles. The Morgan fingerprint density at radius 3 is 2.62 bits per heavy atom. The van der Waals surface area contributed by atoms with Crippen molar-refractivity contribution in [1.82, 2.24) is 39.5 Å². The Morgan fingerprint density at radius 1 is 1.12 bits per heavy atom. The number of aromatic nitrogens is 8. The van der Waals surface area contributed by atoms with Crippen LogP contribution in [0.5, 0.6) is 0 Å². The molecule has 1 aliphatic rings. The van der Waals surface area contributed by atoms with Crippen LogP contribution in [0.2, 0.25) is 0 Å². The van der Waals surface area contributed by atoms with Gasteiger partial charge in [-0.3, -0.25) is 9.48 Å². The molecule has 0 saturated heterocycles. The minimum absolute atomic E-state index is 0.321. The van der Waals surface area contributed by atoms with E-state index in [-0.39, 0.29) is 5.91 Å². The predicted molar refractivity (Wildman–Crippen MR) is 127 cm³/mol. The van der Waals surface area contributed by atoms with Gasteiger partial charge in [0.1, 0.15) is 29.5 Å². The Morgan fingerprint density at radius 2 is 1.91 bits per heavy atom. The van der Waals surface area contributed by atoms with E-state index in [1.165, 1.54) is 0 Å². The number of nitrogens with zero attached hydrogens (tertiary/aromatic N) is 8. The molecule has 0 radical (unpaired) electrons. The number of amides is 1. The van der Waals surface area contributed by atoms with Crippen LogP contribution in [0, 0.1) is 6.92 Å². The molecule has 1 fully saturated rings. The third-order valence-electron chi connectivity index (χ3n) is 5.64. The van der Waals surface area contributed by atoms with Gasteiger partial charge >= 0.3 is 0 Å². The van der Waals surface area contributed by atoms with Gasteiger partial charge in [0.05, 0.1) is 17.5 Å². The summed E-state index contributed by atoms with van der Waals surface area (Å²) in [6.07, 6.45) is 5.54. The second-order valence-electron chi connectivity index (χ2n) is 8.43. The highest BCUT2D eigenvalue weighted by Gasteiger charge is 2.28. The molecule has 174 valence electrons. The zero-order valence-electron chi connectivity index (χ0n) is 19.6. The number of aryl methyl sites for hydroxylation is 3. The fourth-order valence-electron chi connectivity index (χ4n) is 3.89. The molecule has 2 N–H and O–H groups in total. The van der Waals surface area contributed by atoms with Crippen LogP contribution in [0.25, 0.3) is 22.6 Å². The van der Waals surface area contributed by atoms with E-state index < -0.39 is 0 Å². The molecule has 0 aliphatic heterocycles. The van der Waals surface area contributed by atoms with E-state index in [1.807, 2.05) is 44.6 Å². The minimum Gasteiger partial charge on any atom is -0.370 e. The zero-order chi connectivity index (χ0) is 23.8. The second kappa shape index (κ2) is 8.65. The Labute approximate surface area is 196 Å². The highest BCUT2D eigenvalue weighted by atomic mass is 16.1. The van der Waals surface area contributed by atoms with E-state index in [9.17, 15) is 4.79 Å². The van der Waals surface area contributed by atoms with E-state index >= 15 is 0 Å². The normalized spacial score (nSPS) is 13.2. The van der Waals surface area contributed by atoms with E-state index in [2.05, 4.69) is 40.9 Å². The lowest BCUT2D eigenvalue weighted by Crippen LogP contribution is -2.17. The summed E-state index contributed by atoms with van der Waals surface area (Å²) in [7, 11) is 3.75. The molecule has 1 aliphatic carbocycles. The molecule has 11 nitrogen and oxygen atoms in total. The van der Waals surface area contributed by atoms with Gasteiger partial charge in [0.25, 0.3) is 5.91 Å². The number of pyridine rings is 1. The smallest absolute Gasteiger partial charge is 0.275 e. The average Bonchev–Trinajstić information content (AvgIpc) is 3.46. The molecule has 0 bridgehead atoms. The molecule has 11 heteroatoms. The van der Waals surface area contributed by atoms with Crippen LogP contribution >= 0.6 is 0 Å². The van der Waals surface area contributed by atoms with Crippen molar-refractivity contribution in [2.45, 2.75) is 32.6 Å². The summed E-state index contributed by atoms with van der Waals surface area (Å²) in [5.41, 5.74) is 3.61. The molecule has 0 atom stereocenters. The summed E-state index contributed by atoms with van der Waals surface area (Å²) < 4.78 is 3.61. The first kappa shape index (κ1) is 21.7. The maximum absolute atomic E-state index is 13.1. The number of hydrogen-bond donors (Lipinski definition) is 2. The van der Waals surface area contributed by atoms with Crippen molar-refractivity contribution >= 4 is 17.5 Å². The first-order valence-corrected chi connectivity index (χ1v) is 11.2. The predicted octanol–water partition coefficient (Wildman–Crippen LogP) is 2.94. The van der Waals surface area contributed by atoms with Crippen molar-refractivity contribution in [3.8, 4) is 22.6 Å². The number of hydrogen-bond acceptors (Lipinski definition) is 8. The molecular weight excluding hydrogens is 432 g/mol. The first-order valence-electron chi connectivity index (χ1n) is 11.2. The van der Waals surface area contributed by atoms with Gasteiger partial charge < -0.3 is 15.2 Å². The molecule has 0 spiro atoms. The molecule has 1 amide bonds. The molecular formula is C23H26N10O. The van der Waals surface area contributed by atoms with E-state index in [1.54, 1.807) is 23.3 Å². The van der Waals surface area contributed by atoms with Crippen molar-refractivity contribution < 1.29 is 4.79 Å². The molecule has 4 heterocycles. The summed E-state index contributed by atoms with van der Waals surface area (Å²) in [5, 5.41) is 18.8. The minimum atomic E-state index is -0.321. The molecule has 34 heavy (non-hydrogen) atoms. The number of rotatable bonds is 7. The SMILES string of the molecule is CCNc1cc(-c2c(-c3nncn3C)cnn2C)cc(NC(=O)c2cc(C)nc(C3CC3)n2)n1. The van der Waals surface area contributed by atoms with E-state index in [0.29, 0.717) is 35.6 Å². The van der Waals surface area contributed by atoms with Crippen molar-refractivity contribution in [3.05, 3.63) is 47.9 Å². The summed E-state index contributed by atoms with van der Waals surface area (Å²) in [4.78, 5) is 26.7. The Bertz CT molecular complexity index is 1370. The van der Waals surface area contributed by atoms with Crippen molar-refractivity contribution in [1.29, 1.82) is 0 Å². The Kier molecular flexibility index (Phi) is 5.52. The van der Waals surface area contributed by atoms with Gasteiger partial charge in [-0.1, -0.05) is 0 Å². The van der Waals surface area contributed by atoms with Crippen LogP contribution in [0.15, 0.2) is 30.7 Å². The summed E-state index contributed by atoms with van der Waals surface area (Å²) in [6.45, 7) is 4.55. The van der Waals surface area contributed by atoms with Gasteiger partial charge in [0.15, 0.2) is 5.82 Å². The van der Waals surface area contributed by atoms with Gasteiger partial charge in [0, 0.05) is 37.8 Å². The highest BCUT2D eigenvalue weighted by Crippen LogP contribution is 2.38. The van der Waals surface area contributed by atoms with Crippen LogP contribution in [-0.4, -0.2) is 51.9 Å². The van der Waals surface area contributed by atoms with Crippen molar-refractivity contribution in [3.63, 3.8) is 0 Å². The largest absolute Gasteiger partial charge is 0.370 e.